The molecule has 18 heavy (non-hydrogen) atoms. The topological polar surface area (TPSA) is 37.4 Å². The Kier molecular flexibility index (Phi) is 4.36. The maximum atomic E-state index is 12.4. The lowest BCUT2D eigenvalue weighted by Gasteiger charge is -2.17. The SMILES string of the molecule is CC(C)C1CCN(S(=O)(=O)c2csc(CCl)c2)C1. The molecule has 1 fully saturated rings. The number of hydrogen-bond acceptors (Lipinski definition) is 3. The van der Waals surface area contributed by atoms with Crippen molar-refractivity contribution in [2.75, 3.05) is 13.1 Å². The zero-order valence-electron chi connectivity index (χ0n) is 10.6. The van der Waals surface area contributed by atoms with Gasteiger partial charge in [-0.3, -0.25) is 0 Å². The van der Waals surface area contributed by atoms with Crippen LogP contribution in [0.5, 0.6) is 0 Å². The first-order valence-corrected chi connectivity index (χ1v) is 8.94. The molecule has 2 heterocycles. The normalized spacial score (nSPS) is 21.9. The maximum Gasteiger partial charge on any atom is 0.243 e. The molecule has 0 aliphatic carbocycles. The lowest BCUT2D eigenvalue weighted by Crippen LogP contribution is -2.29. The highest BCUT2D eigenvalue weighted by atomic mass is 35.5. The van der Waals surface area contributed by atoms with Crippen molar-refractivity contribution in [2.24, 2.45) is 11.8 Å². The summed E-state index contributed by atoms with van der Waals surface area (Å²) in [5.41, 5.74) is 0. The van der Waals surface area contributed by atoms with Crippen LogP contribution in [-0.4, -0.2) is 25.8 Å². The predicted molar refractivity (Wildman–Crippen MR) is 75.6 cm³/mol. The van der Waals surface area contributed by atoms with Gasteiger partial charge >= 0.3 is 0 Å². The minimum Gasteiger partial charge on any atom is -0.207 e. The van der Waals surface area contributed by atoms with Crippen LogP contribution in [0.4, 0.5) is 0 Å². The molecule has 6 heteroatoms. The van der Waals surface area contributed by atoms with Crippen LogP contribution in [0.15, 0.2) is 16.3 Å². The number of hydrogen-bond donors (Lipinski definition) is 0. The van der Waals surface area contributed by atoms with E-state index in [2.05, 4.69) is 13.8 Å². The zero-order chi connectivity index (χ0) is 13.3. The molecule has 2 rings (SSSR count). The van der Waals surface area contributed by atoms with Gasteiger partial charge in [0.05, 0.1) is 10.8 Å². The summed E-state index contributed by atoms with van der Waals surface area (Å²) in [5, 5.41) is 1.69. The fourth-order valence-corrected chi connectivity index (χ4v) is 5.12. The van der Waals surface area contributed by atoms with Gasteiger partial charge < -0.3 is 0 Å². The summed E-state index contributed by atoms with van der Waals surface area (Å²) in [6.45, 7) is 5.58. The van der Waals surface area contributed by atoms with Crippen molar-refractivity contribution in [3.05, 3.63) is 16.3 Å². The van der Waals surface area contributed by atoms with Crippen LogP contribution in [0, 0.1) is 11.8 Å². The summed E-state index contributed by atoms with van der Waals surface area (Å²) >= 11 is 7.12. The van der Waals surface area contributed by atoms with Gasteiger partial charge in [-0.1, -0.05) is 13.8 Å². The van der Waals surface area contributed by atoms with Crippen LogP contribution in [-0.2, 0) is 15.9 Å². The molecule has 102 valence electrons. The monoisotopic (exact) mass is 307 g/mol. The minimum absolute atomic E-state index is 0.370. The van der Waals surface area contributed by atoms with Crippen molar-refractivity contribution in [3.8, 4) is 0 Å². The van der Waals surface area contributed by atoms with Gasteiger partial charge in [0.2, 0.25) is 10.0 Å². The second-order valence-corrected chi connectivity index (χ2v) is 8.24. The molecule has 0 radical (unpaired) electrons. The summed E-state index contributed by atoms with van der Waals surface area (Å²) < 4.78 is 26.5. The van der Waals surface area contributed by atoms with Crippen molar-refractivity contribution >= 4 is 33.0 Å². The maximum absolute atomic E-state index is 12.4. The first-order valence-electron chi connectivity index (χ1n) is 6.08. The molecule has 0 saturated carbocycles. The van der Waals surface area contributed by atoms with Crippen LogP contribution < -0.4 is 0 Å². The first kappa shape index (κ1) is 14.3. The summed E-state index contributed by atoms with van der Waals surface area (Å²) in [6.07, 6.45) is 0.962. The average Bonchev–Trinajstić information content (AvgIpc) is 2.98. The number of halogens is 1. The van der Waals surface area contributed by atoms with Crippen molar-refractivity contribution in [1.82, 2.24) is 4.31 Å². The molecular weight excluding hydrogens is 290 g/mol. The lowest BCUT2D eigenvalue weighted by molar-refractivity contribution is 0.388. The third-order valence-electron chi connectivity index (χ3n) is 3.53. The van der Waals surface area contributed by atoms with Crippen molar-refractivity contribution in [3.63, 3.8) is 0 Å². The van der Waals surface area contributed by atoms with E-state index in [1.165, 1.54) is 11.3 Å². The number of rotatable bonds is 4. The smallest absolute Gasteiger partial charge is 0.207 e. The van der Waals surface area contributed by atoms with Gasteiger partial charge in [-0.2, -0.15) is 4.31 Å². The van der Waals surface area contributed by atoms with Crippen LogP contribution >= 0.6 is 22.9 Å². The van der Waals surface area contributed by atoms with Crippen LogP contribution in [0.3, 0.4) is 0 Å². The highest BCUT2D eigenvalue weighted by molar-refractivity contribution is 7.89. The predicted octanol–water partition coefficient (Wildman–Crippen LogP) is 3.15. The Labute approximate surface area is 118 Å². The second-order valence-electron chi connectivity index (χ2n) is 5.04. The van der Waals surface area contributed by atoms with E-state index < -0.39 is 10.0 Å². The molecule has 0 amide bonds. The minimum atomic E-state index is -3.31. The number of alkyl halides is 1. The Morgan fingerprint density at radius 2 is 2.28 bits per heavy atom. The zero-order valence-corrected chi connectivity index (χ0v) is 13.0. The van der Waals surface area contributed by atoms with E-state index in [1.807, 2.05) is 0 Å². The van der Waals surface area contributed by atoms with Crippen LogP contribution in [0.2, 0.25) is 0 Å². The van der Waals surface area contributed by atoms with Crippen LogP contribution in [0.25, 0.3) is 0 Å². The molecule has 1 saturated heterocycles. The molecule has 0 N–H and O–H groups in total. The molecule has 0 spiro atoms. The quantitative estimate of drug-likeness (QED) is 0.801. The molecular formula is C12H18ClNO2S2. The van der Waals surface area contributed by atoms with E-state index in [0.29, 0.717) is 35.7 Å². The van der Waals surface area contributed by atoms with Gasteiger partial charge in [-0.25, -0.2) is 8.42 Å². The molecule has 1 aliphatic heterocycles. The van der Waals surface area contributed by atoms with Gasteiger partial charge in [0.25, 0.3) is 0 Å². The highest BCUT2D eigenvalue weighted by Gasteiger charge is 2.34. The van der Waals surface area contributed by atoms with Crippen molar-refractivity contribution in [1.29, 1.82) is 0 Å². The summed E-state index contributed by atoms with van der Waals surface area (Å²) in [6, 6.07) is 1.69. The van der Waals surface area contributed by atoms with Crippen molar-refractivity contribution < 1.29 is 8.42 Å². The Morgan fingerprint density at radius 3 is 2.78 bits per heavy atom. The van der Waals surface area contributed by atoms with Gasteiger partial charge in [0.15, 0.2) is 0 Å². The second kappa shape index (κ2) is 5.49. The Balaban J connectivity index is 2.17. The molecule has 1 atom stereocenters. The average molecular weight is 308 g/mol. The van der Waals surface area contributed by atoms with Gasteiger partial charge in [0, 0.05) is 23.3 Å². The number of nitrogens with zero attached hydrogens (tertiary/aromatic N) is 1. The Bertz CT molecular complexity index is 510. The molecule has 1 aliphatic rings. The first-order chi connectivity index (χ1) is 8.45. The third kappa shape index (κ3) is 2.74. The third-order valence-corrected chi connectivity index (χ3v) is 6.90. The van der Waals surface area contributed by atoms with E-state index in [4.69, 9.17) is 11.6 Å². The summed E-state index contributed by atoms with van der Waals surface area (Å²) in [7, 11) is -3.31. The molecule has 1 aromatic heterocycles. The molecule has 0 bridgehead atoms. The molecule has 0 aromatic carbocycles. The van der Waals surface area contributed by atoms with Crippen molar-refractivity contribution in [2.45, 2.75) is 31.0 Å². The Hall–Kier alpha value is -0.100. The van der Waals surface area contributed by atoms with E-state index in [0.717, 1.165) is 11.3 Å². The van der Waals surface area contributed by atoms with Gasteiger partial charge in [-0.15, -0.1) is 22.9 Å². The molecule has 3 nitrogen and oxygen atoms in total. The van der Waals surface area contributed by atoms with Gasteiger partial charge in [-0.05, 0) is 24.3 Å². The lowest BCUT2D eigenvalue weighted by atomic mass is 9.96. The van der Waals surface area contributed by atoms with Gasteiger partial charge in [0.1, 0.15) is 0 Å². The largest absolute Gasteiger partial charge is 0.243 e. The highest BCUT2D eigenvalue weighted by Crippen LogP contribution is 2.30. The Morgan fingerprint density at radius 1 is 1.56 bits per heavy atom. The molecule has 1 unspecified atom stereocenters. The summed E-state index contributed by atoms with van der Waals surface area (Å²) in [5.74, 6) is 1.38. The van der Waals surface area contributed by atoms with Crippen LogP contribution in [0.1, 0.15) is 25.1 Å². The fraction of sp³-hybridized carbons (Fsp3) is 0.667. The fourth-order valence-electron chi connectivity index (χ4n) is 2.23. The van der Waals surface area contributed by atoms with E-state index in [-0.39, 0.29) is 0 Å². The standard InChI is InChI=1S/C12H18ClNO2S2/c1-9(2)10-3-4-14(7-10)18(15,16)12-5-11(6-13)17-8-12/h5,8-10H,3-4,6-7H2,1-2H3. The number of sulfonamides is 1. The van der Waals surface area contributed by atoms with E-state index in [9.17, 15) is 8.42 Å². The number of thiophene rings is 1. The molecule has 1 aromatic rings. The summed E-state index contributed by atoms with van der Waals surface area (Å²) in [4.78, 5) is 1.29. The van der Waals surface area contributed by atoms with E-state index >= 15 is 0 Å². The van der Waals surface area contributed by atoms with E-state index in [1.54, 1.807) is 15.8 Å².